The summed E-state index contributed by atoms with van der Waals surface area (Å²) in [4.78, 5) is 39.4. The second-order valence-corrected chi connectivity index (χ2v) is 7.88. The molecule has 0 spiro atoms. The van der Waals surface area contributed by atoms with Crippen LogP contribution in [0.15, 0.2) is 35.9 Å². The number of benzene rings is 1. The summed E-state index contributed by atoms with van der Waals surface area (Å²) >= 11 is 1.29. The molecule has 3 N–H and O–H groups in total. The van der Waals surface area contributed by atoms with E-state index in [0.29, 0.717) is 12.3 Å². The van der Waals surface area contributed by atoms with Gasteiger partial charge in [0.15, 0.2) is 6.04 Å². The van der Waals surface area contributed by atoms with Crippen LogP contribution in [0.25, 0.3) is 0 Å². The minimum Gasteiger partial charge on any atom is -0.480 e. The number of hydrogen-bond acceptors (Lipinski definition) is 7. The van der Waals surface area contributed by atoms with E-state index < -0.39 is 23.7 Å². The molecule has 8 nitrogen and oxygen atoms in total. The van der Waals surface area contributed by atoms with E-state index in [1.165, 1.54) is 11.8 Å². The third-order valence-electron chi connectivity index (χ3n) is 3.20. The van der Waals surface area contributed by atoms with Crippen LogP contribution in [0.3, 0.4) is 0 Å². The smallest absolute Gasteiger partial charge is 0.407 e. The molecule has 0 saturated heterocycles. The van der Waals surface area contributed by atoms with Crippen LogP contribution in [0.2, 0.25) is 0 Å². The van der Waals surface area contributed by atoms with Crippen molar-refractivity contribution in [2.45, 2.75) is 39.0 Å². The number of nitrogens with one attached hydrogen (secondary N) is 2. The van der Waals surface area contributed by atoms with Crippen molar-refractivity contribution in [1.29, 1.82) is 0 Å². The van der Waals surface area contributed by atoms with Gasteiger partial charge in [0, 0.05) is 18.1 Å². The molecular weight excluding hydrogens is 384 g/mol. The summed E-state index contributed by atoms with van der Waals surface area (Å²) in [6, 6.07) is 8.02. The maximum Gasteiger partial charge on any atom is 0.407 e. The molecule has 0 aliphatic heterocycles. The van der Waals surface area contributed by atoms with Gasteiger partial charge in [-0.1, -0.05) is 30.3 Å². The standard InChI is InChI=1S/C19H26N2O6S/c1-19(2,3)27-21-16(17(23)24)15(11-22)13-28-10-9-20-18(25)26-12-14-7-5-4-6-8-14/h4-8,16,21H,9-10,12-13H2,1-3H3,(H,20,25)(H,23,24)/t16-/m0/s1. The minimum absolute atomic E-state index is 0.0217. The molecule has 1 aromatic carbocycles. The fourth-order valence-corrected chi connectivity index (χ4v) is 2.70. The Morgan fingerprint density at radius 2 is 1.93 bits per heavy atom. The Morgan fingerprint density at radius 1 is 1.25 bits per heavy atom. The van der Waals surface area contributed by atoms with Crippen molar-refractivity contribution in [3.05, 3.63) is 41.5 Å². The minimum atomic E-state index is -1.28. The lowest BCUT2D eigenvalue weighted by Gasteiger charge is -2.23. The zero-order valence-corrected chi connectivity index (χ0v) is 17.0. The number of alkyl carbamates (subject to hydrolysis) is 1. The van der Waals surface area contributed by atoms with Gasteiger partial charge >= 0.3 is 12.1 Å². The Bertz CT molecular complexity index is 683. The molecule has 0 aliphatic rings. The van der Waals surface area contributed by atoms with Crippen molar-refractivity contribution < 1.29 is 29.1 Å². The Balaban J connectivity index is 2.30. The van der Waals surface area contributed by atoms with Crippen LogP contribution < -0.4 is 10.8 Å². The Morgan fingerprint density at radius 3 is 2.50 bits per heavy atom. The summed E-state index contributed by atoms with van der Waals surface area (Å²) in [5, 5.41) is 11.9. The van der Waals surface area contributed by atoms with Crippen molar-refractivity contribution >= 4 is 29.8 Å². The summed E-state index contributed by atoms with van der Waals surface area (Å²) in [6.45, 7) is 5.74. The molecule has 0 aromatic heterocycles. The van der Waals surface area contributed by atoms with Gasteiger partial charge in [0.1, 0.15) is 12.5 Å². The first-order valence-corrected chi connectivity index (χ1v) is 9.81. The first-order valence-electron chi connectivity index (χ1n) is 8.65. The SMILES string of the molecule is CC(C)(C)ON[C@H](C(=O)O)C(=C=O)CSCCNC(=O)OCc1ccccc1. The van der Waals surface area contributed by atoms with Crippen molar-refractivity contribution in [1.82, 2.24) is 10.8 Å². The zero-order chi connectivity index (χ0) is 21.0. The van der Waals surface area contributed by atoms with Crippen LogP contribution >= 0.6 is 11.8 Å². The number of carboxylic acid groups (broad SMARTS) is 1. The highest BCUT2D eigenvalue weighted by molar-refractivity contribution is 7.99. The number of ether oxygens (including phenoxy) is 1. The van der Waals surface area contributed by atoms with E-state index >= 15 is 0 Å². The van der Waals surface area contributed by atoms with Crippen molar-refractivity contribution in [3.8, 4) is 0 Å². The molecule has 0 bridgehead atoms. The van der Waals surface area contributed by atoms with Gasteiger partial charge in [0.25, 0.3) is 0 Å². The number of rotatable bonds is 11. The van der Waals surface area contributed by atoms with E-state index in [1.807, 2.05) is 30.3 Å². The molecule has 0 fully saturated rings. The molecule has 1 rings (SSSR count). The molecule has 1 amide bonds. The summed E-state index contributed by atoms with van der Waals surface area (Å²) < 4.78 is 5.08. The normalized spacial score (nSPS) is 12.0. The van der Waals surface area contributed by atoms with Gasteiger partial charge in [-0.3, -0.25) is 9.63 Å². The number of carbonyl (C=O) groups excluding carboxylic acids is 2. The van der Waals surface area contributed by atoms with Crippen LogP contribution in [0.1, 0.15) is 26.3 Å². The molecule has 0 aliphatic carbocycles. The quantitative estimate of drug-likeness (QED) is 0.289. The first-order chi connectivity index (χ1) is 13.2. The largest absolute Gasteiger partial charge is 0.480 e. The predicted molar refractivity (Wildman–Crippen MR) is 107 cm³/mol. The lowest BCUT2D eigenvalue weighted by molar-refractivity contribution is -0.147. The number of hydroxylamine groups is 1. The van der Waals surface area contributed by atoms with Gasteiger partial charge in [-0.25, -0.2) is 9.59 Å². The second-order valence-electron chi connectivity index (χ2n) is 6.77. The highest BCUT2D eigenvalue weighted by atomic mass is 32.2. The molecule has 0 heterocycles. The van der Waals surface area contributed by atoms with Crippen LogP contribution in [0.4, 0.5) is 4.79 Å². The van der Waals surface area contributed by atoms with E-state index in [-0.39, 0.29) is 17.9 Å². The molecule has 9 heteroatoms. The Labute approximate surface area is 168 Å². The number of aliphatic carboxylic acids is 1. The molecule has 0 radical (unpaired) electrons. The van der Waals surface area contributed by atoms with Crippen LogP contribution in [0.5, 0.6) is 0 Å². The summed E-state index contributed by atoms with van der Waals surface area (Å²) in [5.74, 6) is 1.05. The van der Waals surface area contributed by atoms with E-state index in [9.17, 15) is 19.5 Å². The summed E-state index contributed by atoms with van der Waals surface area (Å²) in [7, 11) is 0. The third-order valence-corrected chi connectivity index (χ3v) is 4.20. The lowest BCUT2D eigenvalue weighted by Crippen LogP contribution is -2.43. The fraction of sp³-hybridized carbons (Fsp3) is 0.474. The lowest BCUT2D eigenvalue weighted by atomic mass is 10.1. The predicted octanol–water partition coefficient (Wildman–Crippen LogP) is 2.18. The monoisotopic (exact) mass is 410 g/mol. The van der Waals surface area contributed by atoms with Crippen LogP contribution in [-0.4, -0.2) is 52.8 Å². The number of carbonyl (C=O) groups is 2. The van der Waals surface area contributed by atoms with Gasteiger partial charge in [-0.05, 0) is 26.3 Å². The van der Waals surface area contributed by atoms with Gasteiger partial charge in [0.2, 0.25) is 0 Å². The molecule has 1 atom stereocenters. The number of amides is 1. The van der Waals surface area contributed by atoms with E-state index in [4.69, 9.17) is 9.57 Å². The average molecular weight is 410 g/mol. The van der Waals surface area contributed by atoms with E-state index in [1.54, 1.807) is 26.7 Å². The number of thioether (sulfide) groups is 1. The fourth-order valence-electron chi connectivity index (χ4n) is 1.86. The maximum atomic E-state index is 11.6. The van der Waals surface area contributed by atoms with Gasteiger partial charge in [-0.2, -0.15) is 17.2 Å². The summed E-state index contributed by atoms with van der Waals surface area (Å²) in [6.07, 6.45) is -0.542. The number of carboxylic acids is 1. The van der Waals surface area contributed by atoms with Gasteiger partial charge in [0.05, 0.1) is 11.2 Å². The molecule has 28 heavy (non-hydrogen) atoms. The molecular formula is C19H26N2O6S. The second kappa shape index (κ2) is 12.2. The van der Waals surface area contributed by atoms with Crippen molar-refractivity contribution in [3.63, 3.8) is 0 Å². The Hall–Kier alpha value is -2.32. The zero-order valence-electron chi connectivity index (χ0n) is 16.2. The van der Waals surface area contributed by atoms with Crippen LogP contribution in [-0.2, 0) is 25.8 Å². The summed E-state index contributed by atoms with van der Waals surface area (Å²) in [5.41, 5.74) is 2.70. The molecule has 1 aromatic rings. The Kier molecular flexibility index (Phi) is 10.3. The van der Waals surface area contributed by atoms with E-state index in [0.717, 1.165) is 5.56 Å². The maximum absolute atomic E-state index is 11.6. The molecule has 0 saturated carbocycles. The third kappa shape index (κ3) is 10.1. The van der Waals surface area contributed by atoms with E-state index in [2.05, 4.69) is 10.8 Å². The first kappa shape index (κ1) is 23.7. The average Bonchev–Trinajstić information content (AvgIpc) is 2.64. The van der Waals surface area contributed by atoms with Crippen molar-refractivity contribution in [2.24, 2.45) is 0 Å². The highest BCUT2D eigenvalue weighted by Crippen LogP contribution is 2.12. The highest BCUT2D eigenvalue weighted by Gasteiger charge is 2.26. The molecule has 0 unspecified atom stereocenters. The van der Waals surface area contributed by atoms with Crippen LogP contribution in [0, 0.1) is 0 Å². The van der Waals surface area contributed by atoms with Gasteiger partial charge in [-0.15, -0.1) is 0 Å². The topological polar surface area (TPSA) is 114 Å². The van der Waals surface area contributed by atoms with Gasteiger partial charge < -0.3 is 15.2 Å². The van der Waals surface area contributed by atoms with Crippen molar-refractivity contribution in [2.75, 3.05) is 18.1 Å². The number of hydrogen-bond donors (Lipinski definition) is 3. The molecule has 154 valence electrons.